The van der Waals surface area contributed by atoms with Crippen molar-refractivity contribution in [1.82, 2.24) is 10.3 Å². The van der Waals surface area contributed by atoms with Crippen molar-refractivity contribution in [3.8, 4) is 11.5 Å². The second-order valence-electron chi connectivity index (χ2n) is 4.37. The quantitative estimate of drug-likeness (QED) is 0.453. The van der Waals surface area contributed by atoms with Crippen LogP contribution < -0.4 is 5.32 Å². The summed E-state index contributed by atoms with van der Waals surface area (Å²) in [6.45, 7) is 4.04. The topological polar surface area (TPSA) is 94.3 Å². The average molecular weight is 279 g/mol. The lowest BCUT2D eigenvalue weighted by molar-refractivity contribution is -0.401. The summed E-state index contributed by atoms with van der Waals surface area (Å²) in [5, 5.41) is 13.8. The number of nitrogens with zero attached hydrogens (tertiary/aromatic N) is 2. The molecule has 2 heterocycles. The van der Waals surface area contributed by atoms with Crippen molar-refractivity contribution in [2.24, 2.45) is 0 Å². The van der Waals surface area contributed by atoms with Crippen LogP contribution in [0.3, 0.4) is 0 Å². The lowest BCUT2D eigenvalue weighted by Crippen LogP contribution is -2.16. The fourth-order valence-electron chi connectivity index (χ4n) is 1.76. The molecule has 0 spiro atoms. The van der Waals surface area contributed by atoms with Crippen molar-refractivity contribution in [2.45, 2.75) is 26.2 Å². The average Bonchev–Trinajstić information content (AvgIpc) is 3.07. The maximum absolute atomic E-state index is 10.5. The van der Waals surface area contributed by atoms with E-state index in [0.717, 1.165) is 32.4 Å². The Morgan fingerprint density at radius 1 is 1.30 bits per heavy atom. The SMILES string of the molecule is CCCNCCCc1ncc(-c2ccc([N+](=O)[O-])o2)o1. The maximum Gasteiger partial charge on any atom is 0.433 e. The van der Waals surface area contributed by atoms with E-state index in [1.165, 1.54) is 18.3 Å². The van der Waals surface area contributed by atoms with Crippen LogP contribution in [0.15, 0.2) is 27.2 Å². The van der Waals surface area contributed by atoms with E-state index in [-0.39, 0.29) is 5.88 Å². The third kappa shape index (κ3) is 3.67. The molecule has 0 unspecified atom stereocenters. The van der Waals surface area contributed by atoms with Gasteiger partial charge in [-0.05, 0) is 32.0 Å². The molecule has 2 aromatic heterocycles. The number of hydrogen-bond donors (Lipinski definition) is 1. The fourth-order valence-corrected chi connectivity index (χ4v) is 1.76. The third-order valence-electron chi connectivity index (χ3n) is 2.74. The highest BCUT2D eigenvalue weighted by Gasteiger charge is 2.16. The summed E-state index contributed by atoms with van der Waals surface area (Å²) < 4.78 is 10.6. The Kier molecular flexibility index (Phi) is 4.89. The molecular formula is C13H17N3O4. The van der Waals surface area contributed by atoms with Gasteiger partial charge in [-0.2, -0.15) is 0 Å². The number of aromatic nitrogens is 1. The largest absolute Gasteiger partial charge is 0.437 e. The van der Waals surface area contributed by atoms with Crippen molar-refractivity contribution >= 4 is 5.88 Å². The zero-order valence-corrected chi connectivity index (χ0v) is 11.3. The lowest BCUT2D eigenvalue weighted by Gasteiger charge is -2.00. The van der Waals surface area contributed by atoms with Crippen LogP contribution in [0.25, 0.3) is 11.5 Å². The number of nitro groups is 1. The molecule has 7 nitrogen and oxygen atoms in total. The van der Waals surface area contributed by atoms with E-state index in [9.17, 15) is 10.1 Å². The predicted molar refractivity (Wildman–Crippen MR) is 72.3 cm³/mol. The van der Waals surface area contributed by atoms with E-state index in [2.05, 4.69) is 17.2 Å². The first-order valence-corrected chi connectivity index (χ1v) is 6.60. The minimum absolute atomic E-state index is 0.304. The molecule has 7 heteroatoms. The van der Waals surface area contributed by atoms with Gasteiger partial charge >= 0.3 is 5.88 Å². The molecule has 0 aromatic carbocycles. The van der Waals surface area contributed by atoms with Gasteiger partial charge in [0.2, 0.25) is 0 Å². The fraction of sp³-hybridized carbons (Fsp3) is 0.462. The van der Waals surface area contributed by atoms with Crippen LogP contribution in [-0.2, 0) is 6.42 Å². The van der Waals surface area contributed by atoms with Crippen LogP contribution in [0.5, 0.6) is 0 Å². The Morgan fingerprint density at radius 3 is 2.85 bits per heavy atom. The first kappa shape index (κ1) is 14.3. The van der Waals surface area contributed by atoms with Crippen molar-refractivity contribution in [3.05, 3.63) is 34.3 Å². The van der Waals surface area contributed by atoms with Crippen LogP contribution >= 0.6 is 0 Å². The van der Waals surface area contributed by atoms with Gasteiger partial charge < -0.3 is 14.2 Å². The number of rotatable bonds is 8. The van der Waals surface area contributed by atoms with Gasteiger partial charge in [-0.15, -0.1) is 0 Å². The first-order chi connectivity index (χ1) is 9.70. The molecule has 20 heavy (non-hydrogen) atoms. The normalized spacial score (nSPS) is 10.8. The Morgan fingerprint density at radius 2 is 2.15 bits per heavy atom. The molecular weight excluding hydrogens is 262 g/mol. The maximum atomic E-state index is 10.5. The highest BCUT2D eigenvalue weighted by Crippen LogP contribution is 2.26. The molecule has 0 aliphatic carbocycles. The molecule has 2 rings (SSSR count). The highest BCUT2D eigenvalue weighted by atomic mass is 16.6. The molecule has 0 saturated carbocycles. The van der Waals surface area contributed by atoms with Gasteiger partial charge in [-0.3, -0.25) is 10.1 Å². The monoisotopic (exact) mass is 279 g/mol. The van der Waals surface area contributed by atoms with E-state index in [0.29, 0.717) is 17.4 Å². The van der Waals surface area contributed by atoms with Crippen LogP contribution in [0.2, 0.25) is 0 Å². The van der Waals surface area contributed by atoms with Gasteiger partial charge in [-0.25, -0.2) is 4.98 Å². The van der Waals surface area contributed by atoms with E-state index in [4.69, 9.17) is 8.83 Å². The van der Waals surface area contributed by atoms with E-state index in [1.54, 1.807) is 0 Å². The number of nitrogens with one attached hydrogen (secondary N) is 1. The molecule has 0 atom stereocenters. The highest BCUT2D eigenvalue weighted by molar-refractivity contribution is 5.50. The van der Waals surface area contributed by atoms with Crippen molar-refractivity contribution in [2.75, 3.05) is 13.1 Å². The zero-order valence-electron chi connectivity index (χ0n) is 11.3. The van der Waals surface area contributed by atoms with Crippen LogP contribution in [0, 0.1) is 10.1 Å². The molecule has 108 valence electrons. The minimum atomic E-state index is -0.583. The van der Waals surface area contributed by atoms with Gasteiger partial charge in [0, 0.05) is 6.42 Å². The smallest absolute Gasteiger partial charge is 0.433 e. The Balaban J connectivity index is 1.89. The molecule has 0 bridgehead atoms. The first-order valence-electron chi connectivity index (χ1n) is 6.60. The van der Waals surface area contributed by atoms with E-state index >= 15 is 0 Å². The molecule has 0 aliphatic heterocycles. The summed E-state index contributed by atoms with van der Waals surface area (Å²) in [6, 6.07) is 2.80. The summed E-state index contributed by atoms with van der Waals surface area (Å²) in [5.41, 5.74) is 0. The molecule has 2 aromatic rings. The van der Waals surface area contributed by atoms with Crippen LogP contribution in [-0.4, -0.2) is 23.0 Å². The number of hydrogen-bond acceptors (Lipinski definition) is 6. The van der Waals surface area contributed by atoms with E-state index in [1.807, 2.05) is 0 Å². The van der Waals surface area contributed by atoms with Gasteiger partial charge in [0.15, 0.2) is 17.4 Å². The Hall–Kier alpha value is -2.15. The van der Waals surface area contributed by atoms with Gasteiger partial charge in [-0.1, -0.05) is 6.92 Å². The summed E-state index contributed by atoms with van der Waals surface area (Å²) in [5.74, 6) is 1.04. The molecule has 1 N–H and O–H groups in total. The standard InChI is InChI=1S/C13H17N3O4/c1-2-7-14-8-3-4-12-15-9-11(19-12)10-5-6-13(20-10)16(17)18/h5-6,9,14H,2-4,7-8H2,1H3. The van der Waals surface area contributed by atoms with Gasteiger partial charge in [0.05, 0.1) is 12.3 Å². The number of aryl methyl sites for hydroxylation is 1. The summed E-state index contributed by atoms with van der Waals surface area (Å²) in [6.07, 6.45) is 4.29. The molecule has 0 fully saturated rings. The molecule has 0 aliphatic rings. The second-order valence-corrected chi connectivity index (χ2v) is 4.37. The van der Waals surface area contributed by atoms with Crippen LogP contribution in [0.1, 0.15) is 25.7 Å². The number of furan rings is 1. The van der Waals surface area contributed by atoms with Gasteiger partial charge in [0.25, 0.3) is 0 Å². The third-order valence-corrected chi connectivity index (χ3v) is 2.74. The van der Waals surface area contributed by atoms with Gasteiger partial charge in [0.1, 0.15) is 4.92 Å². The van der Waals surface area contributed by atoms with Crippen molar-refractivity contribution in [1.29, 1.82) is 0 Å². The second kappa shape index (κ2) is 6.85. The summed E-state index contributed by atoms with van der Waals surface area (Å²) in [4.78, 5) is 14.1. The van der Waals surface area contributed by atoms with Crippen molar-refractivity contribution in [3.63, 3.8) is 0 Å². The van der Waals surface area contributed by atoms with Crippen molar-refractivity contribution < 1.29 is 13.8 Å². The minimum Gasteiger partial charge on any atom is -0.437 e. The molecule has 0 radical (unpaired) electrons. The lowest BCUT2D eigenvalue weighted by atomic mass is 10.3. The number of oxazole rings is 1. The zero-order chi connectivity index (χ0) is 14.4. The summed E-state index contributed by atoms with van der Waals surface area (Å²) in [7, 11) is 0. The Labute approximate surface area is 116 Å². The Bertz CT molecular complexity index is 561. The molecule has 0 amide bonds. The summed E-state index contributed by atoms with van der Waals surface area (Å²) >= 11 is 0. The van der Waals surface area contributed by atoms with Crippen LogP contribution in [0.4, 0.5) is 5.88 Å². The molecule has 0 saturated heterocycles. The predicted octanol–water partition coefficient (Wildman–Crippen LogP) is 2.78. The van der Waals surface area contributed by atoms with E-state index < -0.39 is 4.92 Å².